The Kier molecular flexibility index (Phi) is 5.58. The van der Waals surface area contributed by atoms with Crippen LogP contribution in [0, 0.1) is 0 Å². The molecule has 0 aromatic carbocycles. The highest BCUT2D eigenvalue weighted by Crippen LogP contribution is 2.21. The number of carbonyl (C=O) groups excluding carboxylic acids is 2. The SMILES string of the molecule is CCCNC(=O)CN1CCN(C(=O)C2(C)CCCN2)CC1. The Morgan fingerprint density at radius 2 is 1.95 bits per heavy atom. The molecule has 2 fully saturated rings. The van der Waals surface area contributed by atoms with Gasteiger partial charge < -0.3 is 15.5 Å². The average Bonchev–Trinajstić information content (AvgIpc) is 2.93. The second kappa shape index (κ2) is 7.22. The summed E-state index contributed by atoms with van der Waals surface area (Å²) in [5, 5.41) is 6.22. The average molecular weight is 296 g/mol. The van der Waals surface area contributed by atoms with Crippen molar-refractivity contribution >= 4 is 11.8 Å². The van der Waals surface area contributed by atoms with E-state index in [1.165, 1.54) is 0 Å². The lowest BCUT2D eigenvalue weighted by Gasteiger charge is -2.38. The number of amides is 2. The van der Waals surface area contributed by atoms with E-state index in [4.69, 9.17) is 0 Å². The van der Waals surface area contributed by atoms with E-state index in [0.29, 0.717) is 6.54 Å². The summed E-state index contributed by atoms with van der Waals surface area (Å²) >= 11 is 0. The van der Waals surface area contributed by atoms with Gasteiger partial charge in [-0.3, -0.25) is 14.5 Å². The molecule has 0 radical (unpaired) electrons. The van der Waals surface area contributed by atoms with Gasteiger partial charge in [0, 0.05) is 32.7 Å². The number of nitrogens with zero attached hydrogens (tertiary/aromatic N) is 2. The maximum atomic E-state index is 12.6. The Balaban J connectivity index is 1.75. The van der Waals surface area contributed by atoms with Crippen LogP contribution in [0.5, 0.6) is 0 Å². The molecule has 2 amide bonds. The molecule has 6 nitrogen and oxygen atoms in total. The van der Waals surface area contributed by atoms with E-state index >= 15 is 0 Å². The molecule has 0 bridgehead atoms. The summed E-state index contributed by atoms with van der Waals surface area (Å²) in [4.78, 5) is 28.3. The summed E-state index contributed by atoms with van der Waals surface area (Å²) in [7, 11) is 0. The fourth-order valence-corrected chi connectivity index (χ4v) is 3.06. The summed E-state index contributed by atoms with van der Waals surface area (Å²) in [6.45, 7) is 9.16. The van der Waals surface area contributed by atoms with Crippen LogP contribution in [0.2, 0.25) is 0 Å². The summed E-state index contributed by atoms with van der Waals surface area (Å²) in [6, 6.07) is 0. The number of hydrogen-bond donors (Lipinski definition) is 2. The molecule has 1 atom stereocenters. The van der Waals surface area contributed by atoms with Gasteiger partial charge in [0.15, 0.2) is 0 Å². The van der Waals surface area contributed by atoms with E-state index in [0.717, 1.165) is 58.5 Å². The first-order valence-corrected chi connectivity index (χ1v) is 8.08. The zero-order valence-corrected chi connectivity index (χ0v) is 13.3. The number of rotatable bonds is 5. The van der Waals surface area contributed by atoms with Gasteiger partial charge in [-0.05, 0) is 32.7 Å². The largest absolute Gasteiger partial charge is 0.355 e. The predicted molar refractivity (Wildman–Crippen MR) is 82.0 cm³/mol. The fraction of sp³-hybridized carbons (Fsp3) is 0.867. The summed E-state index contributed by atoms with van der Waals surface area (Å²) in [6.07, 6.45) is 2.95. The standard InChI is InChI=1S/C15H28N4O2/c1-3-6-16-13(20)12-18-8-10-19(11-9-18)14(21)15(2)5-4-7-17-15/h17H,3-12H2,1-2H3,(H,16,20). The molecule has 2 rings (SSSR count). The molecule has 0 aromatic heterocycles. The third kappa shape index (κ3) is 4.17. The molecule has 0 aliphatic carbocycles. The molecule has 2 aliphatic rings. The quantitative estimate of drug-likeness (QED) is 0.737. The molecule has 6 heteroatoms. The number of nitrogens with one attached hydrogen (secondary N) is 2. The molecule has 1 unspecified atom stereocenters. The highest BCUT2D eigenvalue weighted by Gasteiger charge is 2.39. The smallest absolute Gasteiger partial charge is 0.242 e. The Labute approximate surface area is 127 Å². The first-order chi connectivity index (χ1) is 10.0. The van der Waals surface area contributed by atoms with Crippen LogP contribution in [0.3, 0.4) is 0 Å². The molecule has 2 heterocycles. The molecule has 0 spiro atoms. The molecule has 2 aliphatic heterocycles. The van der Waals surface area contributed by atoms with Crippen LogP contribution in [-0.2, 0) is 9.59 Å². The topological polar surface area (TPSA) is 64.7 Å². The van der Waals surface area contributed by atoms with Crippen molar-refractivity contribution < 1.29 is 9.59 Å². The monoisotopic (exact) mass is 296 g/mol. The van der Waals surface area contributed by atoms with Crippen LogP contribution in [-0.4, -0.2) is 73.0 Å². The van der Waals surface area contributed by atoms with Gasteiger partial charge in [0.2, 0.25) is 11.8 Å². The third-order valence-electron chi connectivity index (χ3n) is 4.44. The Bertz CT molecular complexity index is 372. The molecular formula is C15H28N4O2. The maximum absolute atomic E-state index is 12.6. The van der Waals surface area contributed by atoms with Crippen molar-refractivity contribution in [3.05, 3.63) is 0 Å². The molecule has 120 valence electrons. The minimum atomic E-state index is -0.374. The van der Waals surface area contributed by atoms with Crippen LogP contribution < -0.4 is 10.6 Å². The van der Waals surface area contributed by atoms with Crippen molar-refractivity contribution in [2.24, 2.45) is 0 Å². The lowest BCUT2D eigenvalue weighted by Crippen LogP contribution is -2.58. The van der Waals surface area contributed by atoms with E-state index in [9.17, 15) is 9.59 Å². The van der Waals surface area contributed by atoms with Gasteiger partial charge in [0.05, 0.1) is 12.1 Å². The number of hydrogen-bond acceptors (Lipinski definition) is 4. The van der Waals surface area contributed by atoms with Crippen molar-refractivity contribution in [1.82, 2.24) is 20.4 Å². The van der Waals surface area contributed by atoms with Gasteiger partial charge >= 0.3 is 0 Å². The zero-order chi connectivity index (χ0) is 15.3. The lowest BCUT2D eigenvalue weighted by molar-refractivity contribution is -0.139. The van der Waals surface area contributed by atoms with Crippen molar-refractivity contribution in [3.8, 4) is 0 Å². The van der Waals surface area contributed by atoms with Crippen molar-refractivity contribution in [2.45, 2.75) is 38.6 Å². The highest BCUT2D eigenvalue weighted by atomic mass is 16.2. The fourth-order valence-electron chi connectivity index (χ4n) is 3.06. The zero-order valence-electron chi connectivity index (χ0n) is 13.3. The summed E-state index contributed by atoms with van der Waals surface area (Å²) in [5.41, 5.74) is -0.374. The van der Waals surface area contributed by atoms with Gasteiger partial charge in [0.25, 0.3) is 0 Å². The van der Waals surface area contributed by atoms with Gasteiger partial charge in [-0.25, -0.2) is 0 Å². The highest BCUT2D eigenvalue weighted by molar-refractivity contribution is 5.86. The van der Waals surface area contributed by atoms with Crippen molar-refractivity contribution in [1.29, 1.82) is 0 Å². The molecule has 0 saturated carbocycles. The second-order valence-corrected chi connectivity index (χ2v) is 6.28. The minimum Gasteiger partial charge on any atom is -0.355 e. The minimum absolute atomic E-state index is 0.0843. The molecule has 2 N–H and O–H groups in total. The third-order valence-corrected chi connectivity index (χ3v) is 4.44. The predicted octanol–water partition coefficient (Wildman–Crippen LogP) is -0.201. The van der Waals surface area contributed by atoms with Crippen LogP contribution in [0.4, 0.5) is 0 Å². The summed E-state index contributed by atoms with van der Waals surface area (Å²) < 4.78 is 0. The van der Waals surface area contributed by atoms with E-state index in [1.807, 2.05) is 18.7 Å². The van der Waals surface area contributed by atoms with Crippen molar-refractivity contribution in [3.63, 3.8) is 0 Å². The second-order valence-electron chi connectivity index (χ2n) is 6.28. The molecular weight excluding hydrogens is 268 g/mol. The van der Waals surface area contributed by atoms with E-state index < -0.39 is 0 Å². The van der Waals surface area contributed by atoms with E-state index in [1.54, 1.807) is 0 Å². The van der Waals surface area contributed by atoms with Gasteiger partial charge in [-0.15, -0.1) is 0 Å². The Hall–Kier alpha value is -1.14. The van der Waals surface area contributed by atoms with Gasteiger partial charge in [0.1, 0.15) is 0 Å². The number of carbonyl (C=O) groups is 2. The molecule has 0 aromatic rings. The molecule has 21 heavy (non-hydrogen) atoms. The van der Waals surface area contributed by atoms with Gasteiger partial charge in [-0.2, -0.15) is 0 Å². The first-order valence-electron chi connectivity index (χ1n) is 8.08. The van der Waals surface area contributed by atoms with Gasteiger partial charge in [-0.1, -0.05) is 6.92 Å². The first kappa shape index (κ1) is 16.2. The maximum Gasteiger partial charge on any atom is 0.242 e. The van der Waals surface area contributed by atoms with Crippen LogP contribution >= 0.6 is 0 Å². The van der Waals surface area contributed by atoms with Crippen molar-refractivity contribution in [2.75, 3.05) is 45.8 Å². The molecule has 2 saturated heterocycles. The van der Waals surface area contributed by atoms with E-state index in [2.05, 4.69) is 15.5 Å². The van der Waals surface area contributed by atoms with E-state index in [-0.39, 0.29) is 17.4 Å². The summed E-state index contributed by atoms with van der Waals surface area (Å²) in [5.74, 6) is 0.302. The number of piperazine rings is 1. The van der Waals surface area contributed by atoms with Crippen LogP contribution in [0.1, 0.15) is 33.1 Å². The van der Waals surface area contributed by atoms with Crippen LogP contribution in [0.15, 0.2) is 0 Å². The van der Waals surface area contributed by atoms with Crippen LogP contribution in [0.25, 0.3) is 0 Å². The Morgan fingerprint density at radius 1 is 1.24 bits per heavy atom. The Morgan fingerprint density at radius 3 is 2.52 bits per heavy atom. The normalized spacial score (nSPS) is 26.9. The lowest BCUT2D eigenvalue weighted by atomic mass is 9.98.